The Kier molecular flexibility index (Phi) is 5.36. The highest BCUT2D eigenvalue weighted by Gasteiger charge is 2.12. The summed E-state index contributed by atoms with van der Waals surface area (Å²) in [6, 6.07) is 7.61. The maximum absolute atomic E-state index is 12.1. The Labute approximate surface area is 158 Å². The number of benzene rings is 1. The van der Waals surface area contributed by atoms with Crippen molar-refractivity contribution >= 4 is 45.5 Å². The second-order valence-electron chi connectivity index (χ2n) is 5.54. The van der Waals surface area contributed by atoms with Gasteiger partial charge in [0.1, 0.15) is 5.75 Å². The van der Waals surface area contributed by atoms with E-state index in [9.17, 15) is 4.79 Å². The fourth-order valence-electron chi connectivity index (χ4n) is 2.22. The largest absolute Gasteiger partial charge is 0.484 e. The van der Waals surface area contributed by atoms with Crippen LogP contribution in [0.3, 0.4) is 0 Å². The molecule has 0 saturated carbocycles. The van der Waals surface area contributed by atoms with Gasteiger partial charge in [0.2, 0.25) is 5.13 Å². The smallest absolute Gasteiger partial charge is 0.264 e. The lowest BCUT2D eigenvalue weighted by molar-refractivity contribution is -0.118. The van der Waals surface area contributed by atoms with Gasteiger partial charge in [0.15, 0.2) is 12.4 Å². The van der Waals surface area contributed by atoms with Crippen molar-refractivity contribution < 1.29 is 9.53 Å². The van der Waals surface area contributed by atoms with Gasteiger partial charge in [0, 0.05) is 21.4 Å². The van der Waals surface area contributed by atoms with E-state index in [2.05, 4.69) is 14.7 Å². The van der Waals surface area contributed by atoms with Gasteiger partial charge in [0.05, 0.1) is 4.88 Å². The number of hydrogen-bond donors (Lipinski definition) is 1. The monoisotopic (exact) mass is 393 g/mol. The molecule has 0 aliphatic rings. The van der Waals surface area contributed by atoms with Crippen LogP contribution < -0.4 is 10.1 Å². The van der Waals surface area contributed by atoms with Crippen molar-refractivity contribution in [2.75, 3.05) is 11.9 Å². The molecule has 1 amide bonds. The van der Waals surface area contributed by atoms with E-state index in [0.29, 0.717) is 21.7 Å². The average molecular weight is 394 g/mol. The lowest BCUT2D eigenvalue weighted by Crippen LogP contribution is -2.20. The number of nitrogens with zero attached hydrogens (tertiary/aromatic N) is 2. The SMILES string of the molecule is Cc1ccc(-c2nsc(NC(=O)COc3cc(C)c(Cl)c(C)c3)n2)s1. The number of carbonyl (C=O) groups is 1. The molecule has 0 spiro atoms. The zero-order chi connectivity index (χ0) is 18.0. The Hall–Kier alpha value is -1.96. The molecule has 0 saturated heterocycles. The molecule has 2 heterocycles. The van der Waals surface area contributed by atoms with Crippen molar-refractivity contribution in [1.29, 1.82) is 0 Å². The van der Waals surface area contributed by atoms with Gasteiger partial charge in [-0.3, -0.25) is 10.1 Å². The van der Waals surface area contributed by atoms with E-state index in [1.165, 1.54) is 4.88 Å². The normalized spacial score (nSPS) is 10.7. The van der Waals surface area contributed by atoms with Crippen molar-refractivity contribution in [3.8, 4) is 16.5 Å². The van der Waals surface area contributed by atoms with E-state index >= 15 is 0 Å². The highest BCUT2D eigenvalue weighted by molar-refractivity contribution is 7.15. The van der Waals surface area contributed by atoms with Gasteiger partial charge in [-0.25, -0.2) is 0 Å². The predicted octanol–water partition coefficient (Wildman–Crippen LogP) is 4.86. The Morgan fingerprint density at radius 1 is 1.24 bits per heavy atom. The minimum Gasteiger partial charge on any atom is -0.484 e. The van der Waals surface area contributed by atoms with Gasteiger partial charge < -0.3 is 4.74 Å². The van der Waals surface area contributed by atoms with Gasteiger partial charge in [-0.05, 0) is 56.2 Å². The van der Waals surface area contributed by atoms with E-state index in [0.717, 1.165) is 27.5 Å². The highest BCUT2D eigenvalue weighted by Crippen LogP contribution is 2.28. The zero-order valence-electron chi connectivity index (χ0n) is 13.9. The number of aromatic nitrogens is 2. The molecule has 3 aromatic rings. The van der Waals surface area contributed by atoms with Crippen LogP contribution >= 0.6 is 34.5 Å². The van der Waals surface area contributed by atoms with Crippen molar-refractivity contribution in [2.45, 2.75) is 20.8 Å². The quantitative estimate of drug-likeness (QED) is 0.672. The van der Waals surface area contributed by atoms with Crippen LogP contribution in [0.15, 0.2) is 24.3 Å². The van der Waals surface area contributed by atoms with E-state index < -0.39 is 0 Å². The van der Waals surface area contributed by atoms with E-state index in [1.54, 1.807) is 11.3 Å². The summed E-state index contributed by atoms with van der Waals surface area (Å²) in [6.07, 6.45) is 0. The molecule has 3 rings (SSSR count). The van der Waals surface area contributed by atoms with E-state index in [4.69, 9.17) is 16.3 Å². The molecular formula is C17H16ClN3O2S2. The molecule has 0 atom stereocenters. The van der Waals surface area contributed by atoms with Crippen molar-refractivity contribution in [3.63, 3.8) is 0 Å². The Morgan fingerprint density at radius 2 is 1.96 bits per heavy atom. The molecule has 0 radical (unpaired) electrons. The van der Waals surface area contributed by atoms with Crippen molar-refractivity contribution in [2.24, 2.45) is 0 Å². The number of amides is 1. The second kappa shape index (κ2) is 7.51. The molecular weight excluding hydrogens is 378 g/mol. The molecule has 0 aliphatic carbocycles. The molecule has 0 aliphatic heterocycles. The topological polar surface area (TPSA) is 64.1 Å². The van der Waals surface area contributed by atoms with Gasteiger partial charge in [0.25, 0.3) is 5.91 Å². The maximum atomic E-state index is 12.1. The first-order valence-electron chi connectivity index (χ1n) is 7.52. The number of hydrogen-bond acceptors (Lipinski definition) is 6. The summed E-state index contributed by atoms with van der Waals surface area (Å²) in [7, 11) is 0. The Bertz CT molecular complexity index is 897. The Balaban J connectivity index is 1.59. The number of rotatable bonds is 5. The summed E-state index contributed by atoms with van der Waals surface area (Å²) in [5.74, 6) is 0.958. The van der Waals surface area contributed by atoms with Crippen LogP contribution in [-0.2, 0) is 4.79 Å². The third-order valence-corrected chi connectivity index (χ3v) is 5.64. The highest BCUT2D eigenvalue weighted by atomic mass is 35.5. The molecule has 25 heavy (non-hydrogen) atoms. The van der Waals surface area contributed by atoms with Crippen LogP contribution in [0, 0.1) is 20.8 Å². The standard InChI is InChI=1S/C17H16ClN3O2S2/c1-9-6-12(7-10(2)15(9)18)23-8-14(22)19-17-20-16(21-25-17)13-5-4-11(3)24-13/h4-7H,8H2,1-3H3,(H,19,20,21,22). The van der Waals surface area contributed by atoms with Crippen LogP contribution in [0.25, 0.3) is 10.7 Å². The van der Waals surface area contributed by atoms with E-state index in [-0.39, 0.29) is 12.5 Å². The number of ether oxygens (including phenoxy) is 1. The molecule has 0 unspecified atom stereocenters. The Morgan fingerprint density at radius 3 is 2.60 bits per heavy atom. The molecule has 0 fully saturated rings. The summed E-state index contributed by atoms with van der Waals surface area (Å²) in [4.78, 5) is 18.6. The van der Waals surface area contributed by atoms with E-state index in [1.807, 2.05) is 45.0 Å². The number of aryl methyl sites for hydroxylation is 3. The summed E-state index contributed by atoms with van der Waals surface area (Å²) < 4.78 is 9.81. The van der Waals surface area contributed by atoms with Crippen molar-refractivity contribution in [3.05, 3.63) is 45.3 Å². The molecule has 2 aromatic heterocycles. The number of nitrogens with one attached hydrogen (secondary N) is 1. The number of thiophene rings is 1. The second-order valence-corrected chi connectivity index (χ2v) is 7.96. The third-order valence-electron chi connectivity index (χ3n) is 3.41. The third kappa shape index (κ3) is 4.36. The van der Waals surface area contributed by atoms with Crippen molar-refractivity contribution in [1.82, 2.24) is 9.36 Å². The lowest BCUT2D eigenvalue weighted by Gasteiger charge is -2.09. The summed E-state index contributed by atoms with van der Waals surface area (Å²) >= 11 is 8.90. The van der Waals surface area contributed by atoms with Gasteiger partial charge >= 0.3 is 0 Å². The molecule has 130 valence electrons. The molecule has 0 bridgehead atoms. The van der Waals surface area contributed by atoms with Gasteiger partial charge in [-0.1, -0.05) is 11.6 Å². The van der Waals surface area contributed by atoms with Crippen LogP contribution in [0.5, 0.6) is 5.75 Å². The number of carbonyl (C=O) groups excluding carboxylic acids is 1. The number of halogens is 1. The molecule has 1 aromatic carbocycles. The minimum absolute atomic E-state index is 0.104. The number of anilines is 1. The summed E-state index contributed by atoms with van der Waals surface area (Å²) in [6.45, 7) is 5.73. The molecule has 5 nitrogen and oxygen atoms in total. The minimum atomic E-state index is -0.282. The average Bonchev–Trinajstić information content (AvgIpc) is 3.19. The first-order valence-corrected chi connectivity index (χ1v) is 9.49. The fraction of sp³-hybridized carbons (Fsp3) is 0.235. The van der Waals surface area contributed by atoms with Gasteiger partial charge in [-0.2, -0.15) is 9.36 Å². The van der Waals surface area contributed by atoms with Crippen LogP contribution in [0.2, 0.25) is 5.02 Å². The van der Waals surface area contributed by atoms with Crippen LogP contribution in [-0.4, -0.2) is 21.9 Å². The predicted molar refractivity (Wildman–Crippen MR) is 103 cm³/mol. The maximum Gasteiger partial charge on any atom is 0.264 e. The lowest BCUT2D eigenvalue weighted by atomic mass is 10.1. The van der Waals surface area contributed by atoms with Gasteiger partial charge in [-0.15, -0.1) is 11.3 Å². The first kappa shape index (κ1) is 17.8. The molecule has 1 N–H and O–H groups in total. The fourth-order valence-corrected chi connectivity index (χ4v) is 3.79. The first-order chi connectivity index (χ1) is 11.9. The zero-order valence-corrected chi connectivity index (χ0v) is 16.3. The van der Waals surface area contributed by atoms with Crippen LogP contribution in [0.4, 0.5) is 5.13 Å². The molecule has 8 heteroatoms. The summed E-state index contributed by atoms with van der Waals surface area (Å²) in [5, 5.41) is 3.88. The van der Waals surface area contributed by atoms with Crippen LogP contribution in [0.1, 0.15) is 16.0 Å². The summed E-state index contributed by atoms with van der Waals surface area (Å²) in [5.41, 5.74) is 1.83.